The first-order chi connectivity index (χ1) is 12.9. The zero-order chi connectivity index (χ0) is 17.8. The van der Waals surface area contributed by atoms with Gasteiger partial charge in [0.25, 0.3) is 0 Å². The minimum absolute atomic E-state index is 0.766. The van der Waals surface area contributed by atoms with Gasteiger partial charge in [-0.15, -0.1) is 0 Å². The number of ether oxygens (including phenoxy) is 1. The summed E-state index contributed by atoms with van der Waals surface area (Å²) in [6.07, 6.45) is 3.58. The maximum Gasteiger partial charge on any atom is 0.152 e. The van der Waals surface area contributed by atoms with Crippen molar-refractivity contribution in [3.8, 4) is 39.4 Å². The largest absolute Gasteiger partial charge is 0.494 e. The molecule has 126 valence electrons. The van der Waals surface area contributed by atoms with E-state index >= 15 is 0 Å². The summed E-state index contributed by atoms with van der Waals surface area (Å²) in [5, 5.41) is 0. The molecule has 0 amide bonds. The Balaban J connectivity index is 2.01. The average molecular weight is 338 g/mol. The molecule has 0 atom stereocenters. The molecule has 0 radical (unpaired) electrons. The van der Waals surface area contributed by atoms with E-state index in [1.165, 1.54) is 0 Å². The fourth-order valence-electron chi connectivity index (χ4n) is 3.03. The van der Waals surface area contributed by atoms with Crippen LogP contribution in [0.3, 0.4) is 0 Å². The molecule has 0 spiro atoms. The van der Waals surface area contributed by atoms with Crippen LogP contribution in [0.4, 0.5) is 0 Å². The van der Waals surface area contributed by atoms with Crippen molar-refractivity contribution in [1.29, 1.82) is 0 Å². The van der Waals surface area contributed by atoms with Crippen LogP contribution in [0.25, 0.3) is 33.6 Å². The van der Waals surface area contributed by atoms with Gasteiger partial charge >= 0.3 is 0 Å². The van der Waals surface area contributed by atoms with Crippen molar-refractivity contribution in [3.63, 3.8) is 0 Å². The smallest absolute Gasteiger partial charge is 0.152 e. The van der Waals surface area contributed by atoms with Crippen molar-refractivity contribution >= 4 is 0 Å². The lowest BCUT2D eigenvalue weighted by Gasteiger charge is -2.16. The van der Waals surface area contributed by atoms with E-state index in [4.69, 9.17) is 9.72 Å². The molecular formula is C23H18N2O. The van der Waals surface area contributed by atoms with Crippen molar-refractivity contribution in [3.05, 3.63) is 91.3 Å². The first-order valence-corrected chi connectivity index (χ1v) is 8.47. The molecule has 0 aliphatic carbocycles. The number of hydrogen-bond acceptors (Lipinski definition) is 3. The number of rotatable bonds is 4. The van der Waals surface area contributed by atoms with Crippen molar-refractivity contribution in [2.45, 2.75) is 0 Å². The number of methoxy groups -OCH3 is 1. The van der Waals surface area contributed by atoms with Crippen LogP contribution in [0, 0.1) is 0 Å². The van der Waals surface area contributed by atoms with Gasteiger partial charge in [0.2, 0.25) is 0 Å². The molecule has 3 heteroatoms. The number of aromatic nitrogens is 2. The predicted octanol–water partition coefficient (Wildman–Crippen LogP) is 5.49. The molecular weight excluding hydrogens is 320 g/mol. The fourth-order valence-corrected chi connectivity index (χ4v) is 3.03. The molecule has 0 unspecified atom stereocenters. The highest BCUT2D eigenvalue weighted by Crippen LogP contribution is 2.40. The van der Waals surface area contributed by atoms with E-state index in [1.54, 1.807) is 19.5 Å². The summed E-state index contributed by atoms with van der Waals surface area (Å²) in [6, 6.07) is 26.4. The zero-order valence-electron chi connectivity index (χ0n) is 14.5. The number of benzene rings is 2. The molecule has 0 fully saturated rings. The average Bonchev–Trinajstić information content (AvgIpc) is 2.74. The van der Waals surface area contributed by atoms with Gasteiger partial charge in [-0.05, 0) is 23.8 Å². The van der Waals surface area contributed by atoms with Gasteiger partial charge in [0.15, 0.2) is 5.75 Å². The third-order valence-corrected chi connectivity index (χ3v) is 4.29. The van der Waals surface area contributed by atoms with Crippen molar-refractivity contribution < 1.29 is 4.74 Å². The van der Waals surface area contributed by atoms with E-state index in [0.717, 1.165) is 39.4 Å². The van der Waals surface area contributed by atoms with Crippen LogP contribution in [-0.4, -0.2) is 17.1 Å². The minimum atomic E-state index is 0.766. The van der Waals surface area contributed by atoms with Crippen molar-refractivity contribution in [1.82, 2.24) is 9.97 Å². The van der Waals surface area contributed by atoms with Crippen LogP contribution in [0.5, 0.6) is 5.75 Å². The van der Waals surface area contributed by atoms with Crippen LogP contribution in [0.15, 0.2) is 91.3 Å². The predicted molar refractivity (Wildman–Crippen MR) is 105 cm³/mol. The van der Waals surface area contributed by atoms with E-state index in [9.17, 15) is 0 Å². The molecule has 0 saturated carbocycles. The maximum atomic E-state index is 5.79. The molecule has 0 bridgehead atoms. The highest BCUT2D eigenvalue weighted by molar-refractivity contribution is 5.83. The molecule has 0 aliphatic rings. The summed E-state index contributed by atoms with van der Waals surface area (Å²) in [5.41, 5.74) is 5.90. The lowest BCUT2D eigenvalue weighted by molar-refractivity contribution is 0.416. The Bertz CT molecular complexity index is 940. The molecule has 0 aliphatic heterocycles. The Labute approximate surface area is 153 Å². The van der Waals surface area contributed by atoms with E-state index in [2.05, 4.69) is 35.3 Å². The molecule has 4 aromatic rings. The normalized spacial score (nSPS) is 10.5. The third kappa shape index (κ3) is 3.07. The molecule has 2 aromatic heterocycles. The Hall–Kier alpha value is -3.46. The summed E-state index contributed by atoms with van der Waals surface area (Å²) in [7, 11) is 1.69. The zero-order valence-corrected chi connectivity index (χ0v) is 14.5. The number of pyridine rings is 2. The van der Waals surface area contributed by atoms with E-state index in [-0.39, 0.29) is 0 Å². The second-order valence-corrected chi connectivity index (χ2v) is 5.90. The van der Waals surface area contributed by atoms with Gasteiger partial charge in [-0.2, -0.15) is 0 Å². The van der Waals surface area contributed by atoms with Gasteiger partial charge in [0.1, 0.15) is 5.69 Å². The van der Waals surface area contributed by atoms with E-state index in [0.29, 0.717) is 0 Å². The lowest BCUT2D eigenvalue weighted by atomic mass is 9.99. The SMILES string of the molecule is COc1c(-c2ccncc2)cc(-c2ccccc2)nc1-c1ccccc1. The molecule has 4 rings (SSSR count). The number of hydrogen-bond donors (Lipinski definition) is 0. The summed E-state index contributed by atoms with van der Waals surface area (Å²) < 4.78 is 5.79. The van der Waals surface area contributed by atoms with E-state index in [1.807, 2.05) is 48.5 Å². The monoisotopic (exact) mass is 338 g/mol. The Morgan fingerprint density at radius 2 is 1.31 bits per heavy atom. The maximum absolute atomic E-state index is 5.79. The van der Waals surface area contributed by atoms with Gasteiger partial charge < -0.3 is 4.74 Å². The lowest BCUT2D eigenvalue weighted by Crippen LogP contribution is -1.97. The second kappa shape index (κ2) is 7.19. The Morgan fingerprint density at radius 3 is 1.92 bits per heavy atom. The summed E-state index contributed by atoms with van der Waals surface area (Å²) in [6.45, 7) is 0. The third-order valence-electron chi connectivity index (χ3n) is 4.29. The molecule has 26 heavy (non-hydrogen) atoms. The first-order valence-electron chi connectivity index (χ1n) is 8.47. The van der Waals surface area contributed by atoms with Crippen LogP contribution in [-0.2, 0) is 0 Å². The van der Waals surface area contributed by atoms with E-state index < -0.39 is 0 Å². The second-order valence-electron chi connectivity index (χ2n) is 5.90. The summed E-state index contributed by atoms with van der Waals surface area (Å²) in [5.74, 6) is 0.766. The fraction of sp³-hybridized carbons (Fsp3) is 0.0435. The molecule has 0 saturated heterocycles. The van der Waals surface area contributed by atoms with Crippen molar-refractivity contribution in [2.75, 3.05) is 7.11 Å². The van der Waals surface area contributed by atoms with Crippen LogP contribution >= 0.6 is 0 Å². The van der Waals surface area contributed by atoms with Gasteiger partial charge in [-0.1, -0.05) is 60.7 Å². The number of nitrogens with zero attached hydrogens (tertiary/aromatic N) is 2. The highest BCUT2D eigenvalue weighted by atomic mass is 16.5. The summed E-state index contributed by atoms with van der Waals surface area (Å²) in [4.78, 5) is 9.06. The van der Waals surface area contributed by atoms with Gasteiger partial charge in [0.05, 0.1) is 12.8 Å². The molecule has 0 N–H and O–H groups in total. The van der Waals surface area contributed by atoms with Gasteiger partial charge in [0, 0.05) is 29.1 Å². The Morgan fingerprint density at radius 1 is 0.692 bits per heavy atom. The molecule has 2 aromatic carbocycles. The van der Waals surface area contributed by atoms with Crippen LogP contribution in [0.1, 0.15) is 0 Å². The standard InChI is InChI=1S/C23H18N2O/c1-26-23-20(17-12-14-24-15-13-17)16-21(18-8-4-2-5-9-18)25-22(23)19-10-6-3-7-11-19/h2-16H,1H3. The first kappa shape index (κ1) is 16.0. The summed E-state index contributed by atoms with van der Waals surface area (Å²) >= 11 is 0. The Kier molecular flexibility index (Phi) is 4.44. The minimum Gasteiger partial charge on any atom is -0.494 e. The van der Waals surface area contributed by atoms with Gasteiger partial charge in [-0.25, -0.2) is 4.98 Å². The van der Waals surface area contributed by atoms with Crippen molar-refractivity contribution in [2.24, 2.45) is 0 Å². The molecule has 2 heterocycles. The van der Waals surface area contributed by atoms with Gasteiger partial charge in [-0.3, -0.25) is 4.98 Å². The molecule has 3 nitrogen and oxygen atoms in total. The van der Waals surface area contributed by atoms with Crippen LogP contribution < -0.4 is 4.74 Å². The highest BCUT2D eigenvalue weighted by Gasteiger charge is 2.17. The quantitative estimate of drug-likeness (QED) is 0.494. The topological polar surface area (TPSA) is 35.0 Å². The van der Waals surface area contributed by atoms with Crippen LogP contribution in [0.2, 0.25) is 0 Å².